The Morgan fingerprint density at radius 1 is 1.47 bits per heavy atom. The van der Waals surface area contributed by atoms with Crippen LogP contribution in [0.1, 0.15) is 6.42 Å². The van der Waals surface area contributed by atoms with Gasteiger partial charge in [0, 0.05) is 22.5 Å². The van der Waals surface area contributed by atoms with Crippen LogP contribution in [-0.4, -0.2) is 19.4 Å². The third-order valence-electron chi connectivity index (χ3n) is 2.56. The second-order valence-corrected chi connectivity index (χ2v) is 4.76. The van der Waals surface area contributed by atoms with Crippen molar-refractivity contribution in [1.29, 1.82) is 5.26 Å². The van der Waals surface area contributed by atoms with Gasteiger partial charge in [-0.05, 0) is 6.07 Å². The van der Waals surface area contributed by atoms with Crippen molar-refractivity contribution in [3.8, 4) is 6.07 Å². The third-order valence-corrected chi connectivity index (χ3v) is 3.51. The Hall–Kier alpha value is -1.86. The number of carbonyl (C=O) groups is 1. The first-order chi connectivity index (χ1) is 8.22. The van der Waals surface area contributed by atoms with E-state index >= 15 is 0 Å². The topological polar surface area (TPSA) is 44.1 Å². The van der Waals surface area contributed by atoms with Crippen LogP contribution in [0.4, 0.5) is 5.69 Å². The lowest BCUT2D eigenvalue weighted by Gasteiger charge is -2.16. The quantitative estimate of drug-likeness (QED) is 0.830. The Balaban J connectivity index is 2.22. The summed E-state index contributed by atoms with van der Waals surface area (Å²) in [5.41, 5.74) is 1.05. The molecule has 1 aromatic heterocycles. The minimum absolute atomic E-state index is 0.0214. The van der Waals surface area contributed by atoms with Gasteiger partial charge in [-0.2, -0.15) is 5.26 Å². The Bertz CT molecular complexity index is 582. The summed E-state index contributed by atoms with van der Waals surface area (Å²) in [6.07, 6.45) is -0.0214. The number of nitriles is 1. The number of likely N-dealkylation sites (N-methyl/N-ethyl adjacent to an activating group) is 1. The van der Waals surface area contributed by atoms with Gasteiger partial charge in [-0.1, -0.05) is 18.2 Å². The van der Waals surface area contributed by atoms with Gasteiger partial charge in [0.05, 0.1) is 24.7 Å². The molecule has 0 unspecified atom stereocenters. The molecule has 0 saturated carbocycles. The fourth-order valence-corrected chi connectivity index (χ4v) is 2.76. The van der Waals surface area contributed by atoms with Crippen LogP contribution in [-0.2, 0) is 4.79 Å². The van der Waals surface area contributed by atoms with Crippen molar-refractivity contribution in [1.82, 2.24) is 0 Å². The average Bonchev–Trinajstić information content (AvgIpc) is 2.72. The van der Waals surface area contributed by atoms with Crippen molar-refractivity contribution in [2.75, 3.05) is 18.5 Å². The molecule has 0 aliphatic rings. The van der Waals surface area contributed by atoms with Gasteiger partial charge in [0.25, 0.3) is 0 Å². The number of thiophene rings is 1. The Labute approximate surface area is 104 Å². The smallest absolute Gasteiger partial charge is 0.166 e. The largest absolute Gasteiger partial charge is 0.366 e. The summed E-state index contributed by atoms with van der Waals surface area (Å²) >= 11 is 1.66. The molecular weight excluding hydrogens is 232 g/mol. The van der Waals surface area contributed by atoms with Crippen molar-refractivity contribution in [3.63, 3.8) is 0 Å². The lowest BCUT2D eigenvalue weighted by molar-refractivity contribution is -0.116. The molecule has 0 aliphatic heterocycles. The van der Waals surface area contributed by atoms with E-state index in [4.69, 9.17) is 5.26 Å². The maximum absolute atomic E-state index is 11.4. The van der Waals surface area contributed by atoms with E-state index in [0.717, 1.165) is 11.1 Å². The summed E-state index contributed by atoms with van der Waals surface area (Å²) in [5.74, 6) is -0.0507. The highest BCUT2D eigenvalue weighted by Crippen LogP contribution is 2.31. The molecule has 0 N–H and O–H groups in total. The molecule has 0 bridgehead atoms. The van der Waals surface area contributed by atoms with Crippen molar-refractivity contribution >= 4 is 32.9 Å². The van der Waals surface area contributed by atoms with Gasteiger partial charge in [0.15, 0.2) is 5.78 Å². The number of anilines is 1. The second kappa shape index (κ2) is 4.98. The Morgan fingerprint density at radius 2 is 2.24 bits per heavy atom. The van der Waals surface area contributed by atoms with Gasteiger partial charge in [-0.25, -0.2) is 0 Å². The van der Waals surface area contributed by atoms with Crippen molar-refractivity contribution in [3.05, 3.63) is 29.6 Å². The van der Waals surface area contributed by atoms with Crippen LogP contribution in [0.2, 0.25) is 0 Å². The van der Waals surface area contributed by atoms with Crippen LogP contribution in [0, 0.1) is 11.3 Å². The Morgan fingerprint density at radius 3 is 3.00 bits per heavy atom. The zero-order valence-corrected chi connectivity index (χ0v) is 10.3. The zero-order chi connectivity index (χ0) is 12.3. The molecule has 0 fully saturated rings. The lowest BCUT2D eigenvalue weighted by atomic mass is 10.2. The van der Waals surface area contributed by atoms with E-state index in [2.05, 4.69) is 6.07 Å². The molecule has 0 atom stereocenters. The van der Waals surface area contributed by atoms with Crippen molar-refractivity contribution in [2.45, 2.75) is 6.42 Å². The Kier molecular flexibility index (Phi) is 3.40. The summed E-state index contributed by atoms with van der Waals surface area (Å²) < 4.78 is 1.21. The first-order valence-corrected chi connectivity index (χ1v) is 6.16. The number of Topliss-reactive ketones (excluding diaryl/α,β-unsaturated/α-hetero) is 1. The SMILES string of the molecule is CN(CC(=O)CC#N)c1csc2ccccc12. The first-order valence-electron chi connectivity index (χ1n) is 5.28. The molecule has 4 heteroatoms. The number of carbonyl (C=O) groups excluding carboxylic acids is 1. The predicted octanol–water partition coefficient (Wildman–Crippen LogP) is 2.82. The molecule has 0 spiro atoms. The first kappa shape index (κ1) is 11.6. The van der Waals surface area contributed by atoms with E-state index in [0.29, 0.717) is 0 Å². The molecule has 2 rings (SSSR count). The number of fused-ring (bicyclic) bond motifs is 1. The average molecular weight is 244 g/mol. The molecule has 0 amide bonds. The van der Waals surface area contributed by atoms with Gasteiger partial charge in [0.2, 0.25) is 0 Å². The van der Waals surface area contributed by atoms with Gasteiger partial charge < -0.3 is 4.90 Å². The maximum atomic E-state index is 11.4. The van der Waals surface area contributed by atoms with Gasteiger partial charge in [-0.15, -0.1) is 11.3 Å². The van der Waals surface area contributed by atoms with E-state index in [9.17, 15) is 4.79 Å². The van der Waals surface area contributed by atoms with E-state index in [-0.39, 0.29) is 18.7 Å². The minimum Gasteiger partial charge on any atom is -0.366 e. The zero-order valence-electron chi connectivity index (χ0n) is 9.51. The van der Waals surface area contributed by atoms with Crippen LogP contribution in [0.25, 0.3) is 10.1 Å². The second-order valence-electron chi connectivity index (χ2n) is 3.85. The number of ketones is 1. The number of hydrogen-bond acceptors (Lipinski definition) is 4. The summed E-state index contributed by atoms with van der Waals surface area (Å²) in [7, 11) is 1.88. The van der Waals surface area contributed by atoms with Gasteiger partial charge >= 0.3 is 0 Å². The fraction of sp³-hybridized carbons (Fsp3) is 0.231. The van der Waals surface area contributed by atoms with E-state index < -0.39 is 0 Å². The summed E-state index contributed by atoms with van der Waals surface area (Å²) in [6.45, 7) is 0.286. The summed E-state index contributed by atoms with van der Waals surface area (Å²) in [4.78, 5) is 13.3. The molecule has 3 nitrogen and oxygen atoms in total. The maximum Gasteiger partial charge on any atom is 0.166 e. The normalized spacial score (nSPS) is 10.1. The monoisotopic (exact) mass is 244 g/mol. The highest BCUT2D eigenvalue weighted by Gasteiger charge is 2.11. The van der Waals surface area contributed by atoms with Crippen LogP contribution < -0.4 is 4.90 Å². The van der Waals surface area contributed by atoms with Gasteiger partial charge in [-0.3, -0.25) is 4.79 Å². The molecule has 1 aromatic carbocycles. The lowest BCUT2D eigenvalue weighted by Crippen LogP contribution is -2.24. The molecule has 2 aromatic rings. The third kappa shape index (κ3) is 2.45. The predicted molar refractivity (Wildman–Crippen MR) is 70.3 cm³/mol. The molecule has 0 saturated heterocycles. The van der Waals surface area contributed by atoms with E-state index in [1.54, 1.807) is 11.3 Å². The minimum atomic E-state index is -0.0507. The summed E-state index contributed by atoms with van der Waals surface area (Å²) in [6, 6.07) is 9.99. The van der Waals surface area contributed by atoms with Crippen LogP contribution in [0.5, 0.6) is 0 Å². The van der Waals surface area contributed by atoms with E-state index in [1.807, 2.05) is 41.6 Å². The molecule has 86 valence electrons. The summed E-state index contributed by atoms with van der Waals surface area (Å²) in [5, 5.41) is 11.7. The number of rotatable bonds is 4. The number of benzene rings is 1. The fourth-order valence-electron chi connectivity index (χ4n) is 1.75. The van der Waals surface area contributed by atoms with E-state index in [1.165, 1.54) is 4.70 Å². The van der Waals surface area contributed by atoms with Gasteiger partial charge in [0.1, 0.15) is 0 Å². The molecule has 1 heterocycles. The van der Waals surface area contributed by atoms with Crippen LogP contribution in [0.15, 0.2) is 29.6 Å². The highest BCUT2D eigenvalue weighted by atomic mass is 32.1. The van der Waals surface area contributed by atoms with Crippen molar-refractivity contribution in [2.24, 2.45) is 0 Å². The highest BCUT2D eigenvalue weighted by molar-refractivity contribution is 7.17. The van der Waals surface area contributed by atoms with Crippen LogP contribution in [0.3, 0.4) is 0 Å². The molecular formula is C13H12N2OS. The number of nitrogens with zero attached hydrogens (tertiary/aromatic N) is 2. The van der Waals surface area contributed by atoms with Crippen LogP contribution >= 0.6 is 11.3 Å². The van der Waals surface area contributed by atoms with Crippen molar-refractivity contribution < 1.29 is 4.79 Å². The standard InChI is InChI=1S/C13H12N2OS/c1-15(8-10(16)6-7-14)12-9-17-13-5-3-2-4-11(12)13/h2-5,9H,6,8H2,1H3. The molecule has 0 aliphatic carbocycles. The molecule has 0 radical (unpaired) electrons. The molecule has 17 heavy (non-hydrogen) atoms. The number of hydrogen-bond donors (Lipinski definition) is 0.